The molecule has 0 bridgehead atoms. The standard InChI is InChI=1S/C19H16IO2.C17H17IO4.C15H14IO2/c1-22-19(21)12-14-6-9-17(10-7-14)20-18-11-8-15-4-2-3-5-16(15)13-18;1-21-10-11-22-17(20)12-13-6-8-14(9-7-13)18-15-4-2-3-5-16(15)19;1-18-15(17)11-12-7-9-14(10-8-12)16-13-5-3-2-4-6-13/h2-11,13H,12H2,1H3;2-9H,10-12H2,1H3;2-10H,11H2,1H3/q-1;;-1/p+1. The van der Waals surface area contributed by atoms with Crippen LogP contribution in [0.4, 0.5) is 0 Å². The van der Waals surface area contributed by atoms with E-state index in [2.05, 4.69) is 100 Å². The van der Waals surface area contributed by atoms with Gasteiger partial charge in [0.05, 0.1) is 13.0 Å². The molecule has 0 aliphatic rings. The number of halogens is 3. The number of phenols is 1. The zero-order valence-corrected chi connectivity index (χ0v) is 41.1. The molecule has 11 heteroatoms. The van der Waals surface area contributed by atoms with Gasteiger partial charge in [-0.2, -0.15) is 0 Å². The summed E-state index contributed by atoms with van der Waals surface area (Å²) < 4.78 is 26.9. The molecule has 0 aromatic heterocycles. The predicted octanol–water partition coefficient (Wildman–Crippen LogP) is -0.533. The molecule has 62 heavy (non-hydrogen) atoms. The Balaban J connectivity index is 0.000000177. The van der Waals surface area contributed by atoms with Crippen LogP contribution in [0, 0.1) is 21.4 Å². The maximum absolute atomic E-state index is 11.6. The third-order valence-corrected chi connectivity index (χ3v) is 16.9. The fourth-order valence-electron chi connectivity index (χ4n) is 5.53. The van der Waals surface area contributed by atoms with Crippen LogP contribution in [0.3, 0.4) is 0 Å². The van der Waals surface area contributed by atoms with Crippen molar-refractivity contribution in [1.82, 2.24) is 0 Å². The van der Waals surface area contributed by atoms with Crippen molar-refractivity contribution in [2.24, 2.45) is 0 Å². The van der Waals surface area contributed by atoms with Crippen molar-refractivity contribution in [3.63, 3.8) is 0 Å². The quantitative estimate of drug-likeness (QED) is 0.0633. The van der Waals surface area contributed by atoms with Gasteiger partial charge in [0.25, 0.3) is 0 Å². The Labute approximate surface area is 394 Å². The van der Waals surface area contributed by atoms with Crippen LogP contribution in [-0.4, -0.2) is 57.6 Å². The maximum Gasteiger partial charge on any atom is 0.362 e. The first-order valence-electron chi connectivity index (χ1n) is 19.5. The van der Waals surface area contributed by atoms with Crippen LogP contribution in [0.15, 0.2) is 170 Å². The molecule has 0 atom stereocenters. The Morgan fingerprint density at radius 3 is 1.52 bits per heavy atom. The molecule has 0 spiro atoms. The Bertz CT molecular complexity index is 2460. The van der Waals surface area contributed by atoms with Crippen molar-refractivity contribution in [2.45, 2.75) is 19.3 Å². The number of carbonyl (C=O) groups excluding carboxylic acids is 3. The van der Waals surface area contributed by atoms with Gasteiger partial charge < -0.3 is 14.6 Å². The third-order valence-electron chi connectivity index (χ3n) is 8.74. The summed E-state index contributed by atoms with van der Waals surface area (Å²) in [6.07, 6.45) is 0.949. The molecule has 0 radical (unpaired) electrons. The van der Waals surface area contributed by atoms with Crippen molar-refractivity contribution in [3.05, 3.63) is 208 Å². The molecule has 0 saturated carbocycles. The van der Waals surface area contributed by atoms with Crippen molar-refractivity contribution >= 4 is 28.7 Å². The summed E-state index contributed by atoms with van der Waals surface area (Å²) in [5.74, 6) is -0.293. The van der Waals surface area contributed by atoms with Gasteiger partial charge in [0, 0.05) is 7.11 Å². The minimum Gasteiger partial charge on any atom is -0.504 e. The topological polar surface area (TPSA) is 108 Å². The van der Waals surface area contributed by atoms with Crippen LogP contribution in [0.1, 0.15) is 16.7 Å². The van der Waals surface area contributed by atoms with Gasteiger partial charge in [0.1, 0.15) is 6.61 Å². The van der Waals surface area contributed by atoms with E-state index < -0.39 is 21.2 Å². The summed E-state index contributed by atoms with van der Waals surface area (Å²) in [7, 11) is 4.40. The summed E-state index contributed by atoms with van der Waals surface area (Å²) in [6.45, 7) is 0.696. The van der Waals surface area contributed by atoms with Crippen molar-refractivity contribution in [2.75, 3.05) is 34.5 Å². The second-order valence-electron chi connectivity index (χ2n) is 13.3. The van der Waals surface area contributed by atoms with Crippen molar-refractivity contribution in [1.29, 1.82) is 0 Å². The van der Waals surface area contributed by atoms with E-state index in [-0.39, 0.29) is 73.3 Å². The van der Waals surface area contributed by atoms with E-state index in [0.717, 1.165) is 20.3 Å². The first-order chi connectivity index (χ1) is 30.2. The van der Waals surface area contributed by atoms with E-state index >= 15 is 0 Å². The second kappa shape index (κ2) is 26.6. The molecule has 1 N–H and O–H groups in total. The second-order valence-corrected chi connectivity index (χ2v) is 22.3. The van der Waals surface area contributed by atoms with Gasteiger partial charge in [0.15, 0.2) is 9.32 Å². The van der Waals surface area contributed by atoms with Crippen LogP contribution in [0.5, 0.6) is 5.75 Å². The SMILES string of the molecule is COC(=O)Cc1ccc([I-]c2ccc3ccccc3c2)cc1.COC(=O)Cc1ccc([I-]c2ccccc2)cc1.COCCOC(=O)Cc1ccc([I+]c2ccccc2O)cc1. The van der Waals surface area contributed by atoms with Crippen LogP contribution in [0.25, 0.3) is 10.8 Å². The monoisotopic (exact) mass is 1170 g/mol. The number of carbonyl (C=O) groups is 3. The molecule has 0 heterocycles. The van der Waals surface area contributed by atoms with Gasteiger partial charge in [-0.05, 0) is 29.8 Å². The molecular formula is C51H48I3O8-. The summed E-state index contributed by atoms with van der Waals surface area (Å²) in [5.41, 5.74) is 2.92. The van der Waals surface area contributed by atoms with E-state index in [0.29, 0.717) is 25.2 Å². The largest absolute Gasteiger partial charge is 0.504 e. The summed E-state index contributed by atoms with van der Waals surface area (Å²) in [6, 6.07) is 57.5. The van der Waals surface area contributed by atoms with E-state index in [4.69, 9.17) is 9.47 Å². The average molecular weight is 1170 g/mol. The molecule has 322 valence electrons. The Hall–Kier alpha value is -4.84. The van der Waals surface area contributed by atoms with Crippen molar-refractivity contribution in [3.8, 4) is 5.75 Å². The van der Waals surface area contributed by atoms with Crippen LogP contribution >= 0.6 is 0 Å². The number of hydrogen-bond donors (Lipinski definition) is 1. The molecule has 0 fully saturated rings. The van der Waals surface area contributed by atoms with Crippen LogP contribution in [0.2, 0.25) is 0 Å². The Morgan fingerprint density at radius 2 is 0.952 bits per heavy atom. The summed E-state index contributed by atoms with van der Waals surface area (Å²) >= 11 is -0.747. The average Bonchev–Trinajstić information content (AvgIpc) is 3.30. The molecule has 0 unspecified atom stereocenters. The number of benzene rings is 7. The number of hydrogen-bond acceptors (Lipinski definition) is 8. The van der Waals surface area contributed by atoms with Gasteiger partial charge in [-0.15, -0.1) is 0 Å². The number of rotatable bonds is 15. The van der Waals surface area contributed by atoms with E-state index in [9.17, 15) is 19.5 Å². The molecule has 0 aliphatic carbocycles. The van der Waals surface area contributed by atoms with Crippen LogP contribution in [-0.2, 0) is 52.6 Å². The number of phenolic OH excluding ortho intramolecular Hbond substituents is 1. The van der Waals surface area contributed by atoms with E-state index in [1.54, 1.807) is 13.2 Å². The van der Waals surface area contributed by atoms with Gasteiger partial charge in [-0.25, -0.2) is 0 Å². The Morgan fingerprint density at radius 1 is 0.484 bits per heavy atom. The molecule has 0 saturated heterocycles. The molecule has 0 aliphatic heterocycles. The smallest absolute Gasteiger partial charge is 0.362 e. The van der Waals surface area contributed by atoms with Gasteiger partial charge in [0.2, 0.25) is 3.57 Å². The molecule has 7 rings (SSSR count). The normalized spacial score (nSPS) is 10.5. The number of para-hydroxylation sites is 1. The van der Waals surface area contributed by atoms with Crippen LogP contribution < -0.4 is 63.6 Å². The molecule has 8 nitrogen and oxygen atoms in total. The Kier molecular flexibility index (Phi) is 20.7. The van der Waals surface area contributed by atoms with Gasteiger partial charge in [-0.3, -0.25) is 4.79 Å². The number of aromatic hydroxyl groups is 1. The first kappa shape index (κ1) is 48.2. The molecule has 0 amide bonds. The number of esters is 3. The zero-order chi connectivity index (χ0) is 43.9. The predicted molar refractivity (Wildman–Crippen MR) is 228 cm³/mol. The van der Waals surface area contributed by atoms with Gasteiger partial charge >= 0.3 is 285 Å². The fraction of sp³-hybridized carbons (Fsp3) is 0.157. The van der Waals surface area contributed by atoms with E-state index in [1.165, 1.54) is 42.8 Å². The minimum absolute atomic E-state index is 0.125. The van der Waals surface area contributed by atoms with Crippen molar-refractivity contribution < 1.29 is 102 Å². The van der Waals surface area contributed by atoms with E-state index in [1.807, 2.05) is 72.8 Å². The molecule has 7 aromatic rings. The zero-order valence-electron chi connectivity index (χ0n) is 34.6. The number of fused-ring (bicyclic) bond motifs is 1. The number of methoxy groups -OCH3 is 3. The minimum atomic E-state index is -0.422. The third kappa shape index (κ3) is 17.1. The molecular weight excluding hydrogens is 1120 g/mol. The first-order valence-corrected chi connectivity index (χ1v) is 26.0. The summed E-state index contributed by atoms with van der Waals surface area (Å²) in [4.78, 5) is 34.0. The molecule has 7 aromatic carbocycles. The maximum atomic E-state index is 11.6. The van der Waals surface area contributed by atoms with Gasteiger partial charge in [-0.1, -0.05) is 24.3 Å². The fourth-order valence-corrected chi connectivity index (χ4v) is 12.3. The number of ether oxygens (including phenoxy) is 4. The summed E-state index contributed by atoms with van der Waals surface area (Å²) in [5, 5.41) is 12.4.